The summed E-state index contributed by atoms with van der Waals surface area (Å²) in [6.45, 7) is 0.0224. The summed E-state index contributed by atoms with van der Waals surface area (Å²) in [5.74, 6) is -0.522. The van der Waals surface area contributed by atoms with Gasteiger partial charge in [-0.05, 0) is 12.8 Å². The fourth-order valence-corrected chi connectivity index (χ4v) is 1.21. The zero-order valence-electron chi connectivity index (χ0n) is 7.09. The first kappa shape index (κ1) is 13.1. The summed E-state index contributed by atoms with van der Waals surface area (Å²) in [4.78, 5) is 10.7. The highest BCUT2D eigenvalue weighted by Crippen LogP contribution is 2.13. The molecule has 0 spiro atoms. The number of carbonyl (C=O) groups excluding carboxylic acids is 1. The minimum atomic E-state index is -0.706. The lowest BCUT2D eigenvalue weighted by atomic mass is 10.1. The van der Waals surface area contributed by atoms with Crippen molar-refractivity contribution in [3.8, 4) is 0 Å². The van der Waals surface area contributed by atoms with E-state index in [4.69, 9.17) is 5.11 Å². The standard InChI is InChI=1S/C7H14O4S2/c8-3-1-2-5(9)6(12)4-7(10)11-13/h5-6,8-9,12-13H,1-4H2. The lowest BCUT2D eigenvalue weighted by Crippen LogP contribution is -2.24. The molecule has 0 aromatic rings. The first-order valence-corrected chi connectivity index (χ1v) is 4.81. The summed E-state index contributed by atoms with van der Waals surface area (Å²) in [7, 11) is 0. The second-order valence-corrected chi connectivity index (χ2v) is 3.51. The Labute approximate surface area is 88.3 Å². The highest BCUT2D eigenvalue weighted by atomic mass is 32.1. The summed E-state index contributed by atoms with van der Waals surface area (Å²) in [5, 5.41) is 17.4. The van der Waals surface area contributed by atoms with Crippen molar-refractivity contribution in [2.24, 2.45) is 0 Å². The molecule has 0 amide bonds. The third kappa shape index (κ3) is 6.20. The number of aliphatic hydroxyl groups excluding tert-OH is 2. The molecule has 0 rings (SSSR count). The summed E-state index contributed by atoms with van der Waals surface area (Å²) in [6, 6.07) is 0. The second kappa shape index (κ2) is 7.49. The molecule has 2 unspecified atom stereocenters. The summed E-state index contributed by atoms with van der Waals surface area (Å²) in [6.07, 6.45) is 0.223. The van der Waals surface area contributed by atoms with Crippen molar-refractivity contribution >= 4 is 31.5 Å². The molecule has 0 heterocycles. The van der Waals surface area contributed by atoms with Crippen LogP contribution in [0.2, 0.25) is 0 Å². The van der Waals surface area contributed by atoms with Crippen molar-refractivity contribution in [3.05, 3.63) is 0 Å². The molecule has 0 aliphatic carbocycles. The Hall–Kier alpha value is 0.0900. The van der Waals surface area contributed by atoms with Crippen LogP contribution in [0.1, 0.15) is 19.3 Å². The van der Waals surface area contributed by atoms with Gasteiger partial charge in [0.05, 0.1) is 12.5 Å². The summed E-state index contributed by atoms with van der Waals surface area (Å²) < 4.78 is 4.12. The van der Waals surface area contributed by atoms with Crippen molar-refractivity contribution in [1.82, 2.24) is 0 Å². The first-order chi connectivity index (χ1) is 6.11. The fourth-order valence-electron chi connectivity index (χ4n) is 0.837. The third-order valence-electron chi connectivity index (χ3n) is 1.58. The van der Waals surface area contributed by atoms with Crippen molar-refractivity contribution < 1.29 is 19.2 Å². The summed E-state index contributed by atoms with van der Waals surface area (Å²) in [5.41, 5.74) is 0. The van der Waals surface area contributed by atoms with Gasteiger partial charge in [0, 0.05) is 24.8 Å². The van der Waals surface area contributed by atoms with Gasteiger partial charge in [0.2, 0.25) is 0 Å². The van der Waals surface area contributed by atoms with Crippen molar-refractivity contribution in [2.45, 2.75) is 30.6 Å². The van der Waals surface area contributed by atoms with E-state index in [1.807, 2.05) is 0 Å². The molecule has 0 saturated carbocycles. The molecule has 0 aliphatic rings. The fraction of sp³-hybridized carbons (Fsp3) is 0.857. The Kier molecular flexibility index (Phi) is 7.54. The Morgan fingerprint density at radius 3 is 2.62 bits per heavy atom. The third-order valence-corrected chi connectivity index (χ3v) is 2.31. The van der Waals surface area contributed by atoms with Crippen LogP contribution in [0.5, 0.6) is 0 Å². The van der Waals surface area contributed by atoms with Gasteiger partial charge in [-0.2, -0.15) is 12.6 Å². The smallest absolute Gasteiger partial charge is 0.318 e. The van der Waals surface area contributed by atoms with Crippen LogP contribution in [0, 0.1) is 0 Å². The lowest BCUT2D eigenvalue weighted by molar-refractivity contribution is -0.133. The molecule has 0 aromatic heterocycles. The topological polar surface area (TPSA) is 66.8 Å². The van der Waals surface area contributed by atoms with Crippen LogP contribution in [0.4, 0.5) is 0 Å². The van der Waals surface area contributed by atoms with E-state index in [1.54, 1.807) is 0 Å². The Morgan fingerprint density at radius 1 is 1.54 bits per heavy atom. The van der Waals surface area contributed by atoms with Crippen LogP contribution >= 0.6 is 25.5 Å². The Balaban J connectivity index is 3.68. The predicted molar refractivity (Wildman–Crippen MR) is 54.8 cm³/mol. The van der Waals surface area contributed by atoms with Crippen molar-refractivity contribution in [3.63, 3.8) is 0 Å². The van der Waals surface area contributed by atoms with Gasteiger partial charge < -0.3 is 14.4 Å². The van der Waals surface area contributed by atoms with Gasteiger partial charge in [-0.3, -0.25) is 4.79 Å². The maximum atomic E-state index is 10.7. The largest absolute Gasteiger partial charge is 0.396 e. The molecular weight excluding hydrogens is 212 g/mol. The molecular formula is C7H14O4S2. The molecule has 0 fully saturated rings. The molecule has 0 aromatic carbocycles. The highest BCUT2D eigenvalue weighted by molar-refractivity contribution is 7.81. The van der Waals surface area contributed by atoms with Gasteiger partial charge in [0.15, 0.2) is 0 Å². The van der Waals surface area contributed by atoms with Crippen molar-refractivity contribution in [2.75, 3.05) is 6.61 Å². The summed E-state index contributed by atoms with van der Waals surface area (Å²) >= 11 is 7.35. The number of hydrogen-bond donors (Lipinski definition) is 4. The zero-order valence-corrected chi connectivity index (χ0v) is 8.88. The van der Waals surface area contributed by atoms with Crippen LogP contribution < -0.4 is 0 Å². The van der Waals surface area contributed by atoms with Gasteiger partial charge >= 0.3 is 5.97 Å². The molecule has 0 aliphatic heterocycles. The quantitative estimate of drug-likeness (QED) is 0.386. The number of aliphatic hydroxyl groups is 2. The van der Waals surface area contributed by atoms with Gasteiger partial charge in [0.1, 0.15) is 0 Å². The normalized spacial score (nSPS) is 15.1. The number of thiol groups is 2. The van der Waals surface area contributed by atoms with Crippen LogP contribution in [-0.2, 0) is 8.98 Å². The SMILES string of the molecule is O=C(CC(S)C(O)CCCO)OS. The maximum absolute atomic E-state index is 10.7. The number of carbonyl (C=O) groups is 1. The van der Waals surface area contributed by atoms with E-state index in [0.717, 1.165) is 0 Å². The van der Waals surface area contributed by atoms with Crippen LogP contribution in [0.25, 0.3) is 0 Å². The molecule has 0 radical (unpaired) electrons. The molecule has 13 heavy (non-hydrogen) atoms. The molecule has 6 heteroatoms. The average Bonchev–Trinajstić information content (AvgIpc) is 2.13. The van der Waals surface area contributed by atoms with Crippen LogP contribution in [0.3, 0.4) is 0 Å². The Morgan fingerprint density at radius 2 is 2.15 bits per heavy atom. The molecule has 0 bridgehead atoms. The van der Waals surface area contributed by atoms with Gasteiger partial charge in [-0.15, -0.1) is 0 Å². The van der Waals surface area contributed by atoms with E-state index in [9.17, 15) is 9.90 Å². The molecule has 4 nitrogen and oxygen atoms in total. The monoisotopic (exact) mass is 226 g/mol. The van der Waals surface area contributed by atoms with E-state index < -0.39 is 17.3 Å². The first-order valence-electron chi connectivity index (χ1n) is 3.93. The van der Waals surface area contributed by atoms with Crippen LogP contribution in [0.15, 0.2) is 0 Å². The highest BCUT2D eigenvalue weighted by Gasteiger charge is 2.18. The number of hydrogen-bond acceptors (Lipinski definition) is 6. The molecule has 78 valence electrons. The van der Waals surface area contributed by atoms with Gasteiger partial charge in [-0.1, -0.05) is 0 Å². The van der Waals surface area contributed by atoms with Crippen molar-refractivity contribution in [1.29, 1.82) is 0 Å². The molecule has 2 atom stereocenters. The minimum Gasteiger partial charge on any atom is -0.396 e. The Bertz CT molecular complexity index is 153. The van der Waals surface area contributed by atoms with E-state index in [1.165, 1.54) is 0 Å². The van der Waals surface area contributed by atoms with E-state index >= 15 is 0 Å². The molecule has 0 saturated heterocycles. The zero-order chi connectivity index (χ0) is 10.3. The number of rotatable bonds is 6. The average molecular weight is 226 g/mol. The van der Waals surface area contributed by atoms with E-state index in [-0.39, 0.29) is 13.0 Å². The minimum absolute atomic E-state index is 0.0131. The lowest BCUT2D eigenvalue weighted by Gasteiger charge is -2.15. The predicted octanol–water partition coefficient (Wildman–Crippen LogP) is 0.196. The van der Waals surface area contributed by atoms with Crippen LogP contribution in [-0.4, -0.2) is 34.1 Å². The van der Waals surface area contributed by atoms with E-state index in [2.05, 4.69) is 29.7 Å². The maximum Gasteiger partial charge on any atom is 0.318 e. The van der Waals surface area contributed by atoms with Gasteiger partial charge in [-0.25, -0.2) is 0 Å². The van der Waals surface area contributed by atoms with Gasteiger partial charge in [0.25, 0.3) is 0 Å². The molecule has 2 N–H and O–H groups in total. The second-order valence-electron chi connectivity index (χ2n) is 2.67. The van der Waals surface area contributed by atoms with E-state index in [0.29, 0.717) is 12.8 Å².